The molecule has 1 aromatic carbocycles. The molecule has 3 fully saturated rings. The summed E-state index contributed by atoms with van der Waals surface area (Å²) in [6, 6.07) is 7.76. The lowest BCUT2D eigenvalue weighted by molar-refractivity contribution is -0.147. The number of ether oxygens (including phenoxy) is 2. The Hall–Kier alpha value is -2.04. The zero-order valence-corrected chi connectivity index (χ0v) is 21.3. The van der Waals surface area contributed by atoms with Gasteiger partial charge in [0, 0.05) is 5.41 Å². The molecule has 0 radical (unpaired) electrons. The maximum atomic E-state index is 13.5. The topological polar surface area (TPSA) is 55.8 Å². The molecule has 5 nitrogen and oxygen atoms in total. The molecular weight excluding hydrogens is 426 g/mol. The summed E-state index contributed by atoms with van der Waals surface area (Å²) in [5, 5.41) is 0. The summed E-state index contributed by atoms with van der Waals surface area (Å²) in [6.07, 6.45) is 10.9. The quantitative estimate of drug-likeness (QED) is 0.417. The average molecular weight is 471 g/mol. The molecule has 2 atom stereocenters. The van der Waals surface area contributed by atoms with E-state index in [4.69, 9.17) is 9.47 Å². The fraction of sp³-hybridized carbons (Fsp3) is 0.724. The fourth-order valence-electron chi connectivity index (χ4n) is 6.27. The third kappa shape index (κ3) is 5.95. The largest absolute Gasteiger partial charge is 0.444 e. The van der Waals surface area contributed by atoms with Gasteiger partial charge in [-0.05, 0) is 29.7 Å². The number of rotatable bonds is 6. The van der Waals surface area contributed by atoms with Gasteiger partial charge in [-0.1, -0.05) is 115 Å². The van der Waals surface area contributed by atoms with Crippen molar-refractivity contribution in [3.63, 3.8) is 0 Å². The van der Waals surface area contributed by atoms with E-state index in [0.717, 1.165) is 31.2 Å². The number of hydrogen-bond donors (Lipinski definition) is 0. The van der Waals surface area contributed by atoms with E-state index in [9.17, 15) is 11.0 Å². The molecule has 34 heavy (non-hydrogen) atoms. The summed E-state index contributed by atoms with van der Waals surface area (Å²) in [5.41, 5.74) is 0.340. The molecule has 0 bridgehead atoms. The van der Waals surface area contributed by atoms with Crippen LogP contribution in [-0.4, -0.2) is 29.2 Å². The Morgan fingerprint density at radius 3 is 2.12 bits per heavy atom. The van der Waals surface area contributed by atoms with Gasteiger partial charge < -0.3 is 9.47 Å². The van der Waals surface area contributed by atoms with Crippen LogP contribution in [0, 0.1) is 23.2 Å². The minimum absolute atomic E-state index is 0.103. The Balaban J connectivity index is 1.61. The van der Waals surface area contributed by atoms with Gasteiger partial charge in [-0.25, -0.2) is 9.59 Å². The van der Waals surface area contributed by atoms with E-state index in [2.05, 4.69) is 0 Å². The number of amides is 1. The molecule has 2 aliphatic carbocycles. The van der Waals surface area contributed by atoms with Crippen molar-refractivity contribution in [3.8, 4) is 0 Å². The van der Waals surface area contributed by atoms with Crippen LogP contribution in [0.25, 0.3) is 0 Å². The summed E-state index contributed by atoms with van der Waals surface area (Å²) in [7, 11) is 0. The fourth-order valence-corrected chi connectivity index (χ4v) is 6.27. The van der Waals surface area contributed by atoms with Crippen LogP contribution in [0.4, 0.5) is 4.79 Å². The van der Waals surface area contributed by atoms with Crippen molar-refractivity contribution >= 4 is 12.1 Å². The zero-order valence-electron chi connectivity index (χ0n) is 22.3. The lowest BCUT2D eigenvalue weighted by Gasteiger charge is -2.40. The van der Waals surface area contributed by atoms with Crippen LogP contribution in [-0.2, 0) is 20.9 Å². The van der Waals surface area contributed by atoms with E-state index >= 15 is 0 Å². The van der Waals surface area contributed by atoms with E-state index in [1.54, 1.807) is 0 Å². The molecule has 1 unspecified atom stereocenters. The first-order valence-electron chi connectivity index (χ1n) is 13.9. The zero-order chi connectivity index (χ0) is 25.1. The highest BCUT2D eigenvalue weighted by Crippen LogP contribution is 2.44. The first kappa shape index (κ1) is 23.7. The summed E-state index contributed by atoms with van der Waals surface area (Å²) in [6.45, 7) is 5.92. The molecular formula is C29H43NO4. The molecule has 1 heterocycles. The van der Waals surface area contributed by atoms with Crippen molar-refractivity contribution in [3.05, 3.63) is 35.9 Å². The van der Waals surface area contributed by atoms with Gasteiger partial charge in [-0.15, -0.1) is 0 Å². The van der Waals surface area contributed by atoms with Crippen LogP contribution in [0.3, 0.4) is 0 Å². The van der Waals surface area contributed by atoms with Crippen molar-refractivity contribution in [1.82, 2.24) is 4.90 Å². The molecule has 1 aliphatic heterocycles. The minimum atomic E-state index is -1.76. The number of cyclic esters (lactones) is 1. The number of esters is 1. The second-order valence-electron chi connectivity index (χ2n) is 11.6. The Labute approximate surface area is 207 Å². The predicted molar refractivity (Wildman–Crippen MR) is 133 cm³/mol. The maximum absolute atomic E-state index is 13.5. The number of benzene rings is 1. The van der Waals surface area contributed by atoms with E-state index in [1.807, 2.05) is 51.1 Å². The molecule has 1 aromatic rings. The van der Waals surface area contributed by atoms with E-state index in [0.29, 0.717) is 18.3 Å². The molecule has 188 valence electrons. The lowest BCUT2D eigenvalue weighted by Crippen LogP contribution is -2.49. The molecule has 0 spiro atoms. The van der Waals surface area contributed by atoms with Crippen molar-refractivity contribution in [2.75, 3.05) is 0 Å². The predicted octanol–water partition coefficient (Wildman–Crippen LogP) is 7.09. The molecule has 1 amide bonds. The number of carbonyl (C=O) groups is 2. The first-order valence-corrected chi connectivity index (χ1v) is 13.4. The summed E-state index contributed by atoms with van der Waals surface area (Å²) < 4.78 is 21.0. The van der Waals surface area contributed by atoms with Crippen LogP contribution in [0.1, 0.15) is 98.3 Å². The van der Waals surface area contributed by atoms with Gasteiger partial charge in [0.15, 0.2) is 6.23 Å². The van der Waals surface area contributed by atoms with E-state index in [1.165, 1.54) is 43.4 Å². The van der Waals surface area contributed by atoms with E-state index < -0.39 is 29.7 Å². The van der Waals surface area contributed by atoms with Crippen LogP contribution in [0.2, 0.25) is 0 Å². The van der Waals surface area contributed by atoms with Crippen molar-refractivity contribution in [1.29, 1.82) is 0 Å². The highest BCUT2D eigenvalue weighted by molar-refractivity contribution is 5.84. The second-order valence-corrected chi connectivity index (χ2v) is 11.6. The van der Waals surface area contributed by atoms with Crippen LogP contribution in [0.15, 0.2) is 30.3 Å². The SMILES string of the molecule is [2H][C@]1(CC(C2CCCCC2)C2CCCCC2)C(=O)OC(C(C)(C)C)N1C(=O)OCc1ccccc1. The first-order chi connectivity index (χ1) is 16.7. The third-order valence-electron chi connectivity index (χ3n) is 8.06. The van der Waals surface area contributed by atoms with Gasteiger partial charge in [0.05, 0.1) is 1.37 Å². The Bertz CT molecular complexity index is 839. The Morgan fingerprint density at radius 1 is 1.03 bits per heavy atom. The standard InChI is InChI=1S/C29H43NO4/c1-29(2,3)27-30(28(32)33-20-21-13-7-4-8-14-21)25(26(31)34-27)19-24(22-15-9-5-10-16-22)23-17-11-6-12-18-23/h4,7-8,13-14,22-25,27H,5-6,9-12,15-20H2,1-3H3/t25-,27?/m0/s1/i25D. The number of carbonyl (C=O) groups excluding carboxylic acids is 2. The monoisotopic (exact) mass is 470 g/mol. The van der Waals surface area contributed by atoms with Crippen molar-refractivity contribution in [2.24, 2.45) is 23.2 Å². The average Bonchev–Trinajstić information content (AvgIpc) is 3.13. The number of nitrogens with zero attached hydrogens (tertiary/aromatic N) is 1. The van der Waals surface area contributed by atoms with Gasteiger partial charge in [-0.3, -0.25) is 4.90 Å². The molecule has 2 saturated carbocycles. The highest BCUT2D eigenvalue weighted by Gasteiger charge is 2.52. The van der Waals surface area contributed by atoms with Crippen molar-refractivity contribution < 1.29 is 20.4 Å². The third-order valence-corrected chi connectivity index (χ3v) is 8.06. The highest BCUT2D eigenvalue weighted by atomic mass is 16.6. The molecule has 0 N–H and O–H groups in total. The second kappa shape index (κ2) is 11.1. The van der Waals surface area contributed by atoms with Gasteiger partial charge in [0.2, 0.25) is 0 Å². The van der Waals surface area contributed by atoms with Crippen LogP contribution in [0.5, 0.6) is 0 Å². The number of hydrogen-bond acceptors (Lipinski definition) is 4. The van der Waals surface area contributed by atoms with Gasteiger partial charge in [-0.2, -0.15) is 0 Å². The van der Waals surface area contributed by atoms with Crippen LogP contribution < -0.4 is 0 Å². The van der Waals surface area contributed by atoms with Gasteiger partial charge in [0.25, 0.3) is 0 Å². The van der Waals surface area contributed by atoms with Gasteiger partial charge >= 0.3 is 12.1 Å². The van der Waals surface area contributed by atoms with Crippen molar-refractivity contribution in [2.45, 2.75) is 110 Å². The van der Waals surface area contributed by atoms with Crippen LogP contribution >= 0.6 is 0 Å². The molecule has 3 aliphatic rings. The van der Waals surface area contributed by atoms with E-state index in [-0.39, 0.29) is 12.5 Å². The molecule has 0 aromatic heterocycles. The maximum Gasteiger partial charge on any atom is 0.413 e. The lowest BCUT2D eigenvalue weighted by atomic mass is 9.67. The molecule has 4 rings (SSSR count). The molecule has 1 saturated heterocycles. The molecule has 5 heteroatoms. The Kier molecular flexibility index (Phi) is 7.76. The summed E-state index contributed by atoms with van der Waals surface area (Å²) >= 11 is 0. The Morgan fingerprint density at radius 2 is 1.59 bits per heavy atom. The smallest absolute Gasteiger partial charge is 0.413 e. The summed E-state index contributed by atoms with van der Waals surface area (Å²) in [4.78, 5) is 28.2. The normalized spacial score (nSPS) is 27.5. The minimum Gasteiger partial charge on any atom is -0.444 e. The van der Waals surface area contributed by atoms with Gasteiger partial charge in [0.1, 0.15) is 12.6 Å². The summed E-state index contributed by atoms with van der Waals surface area (Å²) in [5.74, 6) is 0.671.